The number of benzene rings is 1. The number of carbonyl (C=O) groups is 2. The van der Waals surface area contributed by atoms with Gasteiger partial charge in [-0.25, -0.2) is 4.98 Å². The number of anilines is 4. The third-order valence-corrected chi connectivity index (χ3v) is 3.49. The van der Waals surface area contributed by atoms with Gasteiger partial charge in [0.2, 0.25) is 11.9 Å². The molecule has 0 aliphatic carbocycles. The third kappa shape index (κ3) is 5.17. The summed E-state index contributed by atoms with van der Waals surface area (Å²) in [5, 5.41) is 8.91. The topological polar surface area (TPSA) is 122 Å². The molecule has 2 aromatic rings. The van der Waals surface area contributed by atoms with Crippen molar-refractivity contribution in [2.45, 2.75) is 33.2 Å². The third-order valence-electron chi connectivity index (χ3n) is 3.49. The van der Waals surface area contributed by atoms with Crippen molar-refractivity contribution in [3.8, 4) is 0 Å². The van der Waals surface area contributed by atoms with Gasteiger partial charge in [-0.1, -0.05) is 13.0 Å². The Kier molecular flexibility index (Phi) is 5.89. The van der Waals surface area contributed by atoms with E-state index in [1.165, 1.54) is 13.1 Å². The maximum Gasteiger partial charge on any atom is 0.254 e. The smallest absolute Gasteiger partial charge is 0.254 e. The van der Waals surface area contributed by atoms with Gasteiger partial charge in [0.1, 0.15) is 5.82 Å². The molecule has 5 N–H and O–H groups in total. The molecule has 0 bridgehead atoms. The minimum absolute atomic E-state index is 0.129. The molecule has 1 aromatic carbocycles. The molecule has 0 saturated carbocycles. The molecule has 8 heteroatoms. The maximum absolute atomic E-state index is 11.6. The van der Waals surface area contributed by atoms with Crippen LogP contribution in [0.2, 0.25) is 0 Å². The van der Waals surface area contributed by atoms with E-state index in [4.69, 9.17) is 5.73 Å². The summed E-state index contributed by atoms with van der Waals surface area (Å²) in [6.45, 7) is 5.45. The minimum atomic E-state index is -0.593. The van der Waals surface area contributed by atoms with Gasteiger partial charge in [-0.05, 0) is 31.5 Å². The number of nitrogens with zero attached hydrogens (tertiary/aromatic N) is 2. The fourth-order valence-electron chi connectivity index (χ4n) is 2.07. The van der Waals surface area contributed by atoms with Crippen molar-refractivity contribution in [3.63, 3.8) is 0 Å². The van der Waals surface area contributed by atoms with Gasteiger partial charge < -0.3 is 21.7 Å². The molecule has 0 radical (unpaired) electrons. The van der Waals surface area contributed by atoms with Crippen LogP contribution in [0.4, 0.5) is 23.1 Å². The summed E-state index contributed by atoms with van der Waals surface area (Å²) < 4.78 is 0. The molecule has 132 valence electrons. The number of hydrogen-bond acceptors (Lipinski definition) is 6. The predicted molar refractivity (Wildman–Crippen MR) is 98.0 cm³/mol. The van der Waals surface area contributed by atoms with E-state index in [1.807, 2.05) is 19.9 Å². The summed E-state index contributed by atoms with van der Waals surface area (Å²) in [5.41, 5.74) is 6.97. The molecule has 0 aliphatic rings. The van der Waals surface area contributed by atoms with Crippen LogP contribution < -0.4 is 21.7 Å². The van der Waals surface area contributed by atoms with Crippen LogP contribution in [0.25, 0.3) is 0 Å². The van der Waals surface area contributed by atoms with Crippen molar-refractivity contribution in [1.82, 2.24) is 9.97 Å². The zero-order valence-corrected chi connectivity index (χ0v) is 14.5. The summed E-state index contributed by atoms with van der Waals surface area (Å²) >= 11 is 0. The number of nitrogens with one attached hydrogen (secondary N) is 3. The van der Waals surface area contributed by atoms with Gasteiger partial charge in [-0.3, -0.25) is 9.59 Å². The summed E-state index contributed by atoms with van der Waals surface area (Å²) in [6.07, 6.45) is 2.25. The van der Waals surface area contributed by atoms with E-state index in [2.05, 4.69) is 25.9 Å². The fourth-order valence-corrected chi connectivity index (χ4v) is 2.07. The van der Waals surface area contributed by atoms with Crippen molar-refractivity contribution in [2.24, 2.45) is 5.73 Å². The van der Waals surface area contributed by atoms with E-state index in [1.54, 1.807) is 18.2 Å². The number of nitrogens with two attached hydrogens (primary N) is 1. The van der Waals surface area contributed by atoms with Gasteiger partial charge >= 0.3 is 0 Å². The zero-order chi connectivity index (χ0) is 18.4. The summed E-state index contributed by atoms with van der Waals surface area (Å²) in [5.74, 6) is -0.0441. The van der Waals surface area contributed by atoms with Gasteiger partial charge in [-0.15, -0.1) is 0 Å². The van der Waals surface area contributed by atoms with Crippen LogP contribution in [-0.2, 0) is 4.79 Å². The molecule has 1 aromatic heterocycles. The molecule has 1 heterocycles. The van der Waals surface area contributed by atoms with Crippen LogP contribution in [0.1, 0.15) is 37.6 Å². The van der Waals surface area contributed by atoms with Crippen LogP contribution in [0.3, 0.4) is 0 Å². The Labute approximate surface area is 146 Å². The Balaban J connectivity index is 2.26. The molecule has 1 atom stereocenters. The highest BCUT2D eigenvalue weighted by Crippen LogP contribution is 2.21. The first kappa shape index (κ1) is 18.2. The molecular weight excluding hydrogens is 320 g/mol. The second kappa shape index (κ2) is 8.09. The fraction of sp³-hybridized carbons (Fsp3) is 0.294. The average molecular weight is 342 g/mol. The van der Waals surface area contributed by atoms with E-state index in [-0.39, 0.29) is 17.5 Å². The van der Waals surface area contributed by atoms with E-state index in [9.17, 15) is 9.59 Å². The number of hydrogen-bond donors (Lipinski definition) is 4. The molecule has 2 rings (SSSR count). The number of carbonyl (C=O) groups excluding carboxylic acids is 2. The highest BCUT2D eigenvalue weighted by molar-refractivity contribution is 5.97. The van der Waals surface area contributed by atoms with Gasteiger partial charge in [-0.2, -0.15) is 4.98 Å². The van der Waals surface area contributed by atoms with Crippen LogP contribution in [0.5, 0.6) is 0 Å². The van der Waals surface area contributed by atoms with Crippen molar-refractivity contribution >= 4 is 35.0 Å². The second-order valence-corrected chi connectivity index (χ2v) is 5.66. The lowest BCUT2D eigenvalue weighted by atomic mass is 10.2. The van der Waals surface area contributed by atoms with Gasteiger partial charge in [0.05, 0.1) is 5.56 Å². The molecule has 0 aliphatic heterocycles. The number of amides is 2. The van der Waals surface area contributed by atoms with Crippen LogP contribution >= 0.6 is 0 Å². The Morgan fingerprint density at radius 1 is 1.28 bits per heavy atom. The Morgan fingerprint density at radius 2 is 2.00 bits per heavy atom. The SMILES string of the molecule is CCC(C)Nc1nc(Nc2cccc(NC(C)=O)c2)ncc1C(N)=O. The van der Waals surface area contributed by atoms with Crippen molar-refractivity contribution in [3.05, 3.63) is 36.0 Å². The quantitative estimate of drug-likeness (QED) is 0.613. The first-order valence-electron chi connectivity index (χ1n) is 7.97. The largest absolute Gasteiger partial charge is 0.367 e. The molecule has 2 amide bonds. The summed E-state index contributed by atoms with van der Waals surface area (Å²) in [6, 6.07) is 7.28. The van der Waals surface area contributed by atoms with E-state index in [0.29, 0.717) is 23.1 Å². The van der Waals surface area contributed by atoms with Crippen molar-refractivity contribution < 1.29 is 9.59 Å². The van der Waals surface area contributed by atoms with Crippen LogP contribution in [0, 0.1) is 0 Å². The van der Waals surface area contributed by atoms with Crippen LogP contribution in [0.15, 0.2) is 30.5 Å². The lowest BCUT2D eigenvalue weighted by Crippen LogP contribution is -2.21. The molecular formula is C17H22N6O2. The van der Waals surface area contributed by atoms with Crippen LogP contribution in [-0.4, -0.2) is 27.8 Å². The lowest BCUT2D eigenvalue weighted by Gasteiger charge is -2.15. The molecule has 1 unspecified atom stereocenters. The Bertz CT molecular complexity index is 777. The average Bonchev–Trinajstić information content (AvgIpc) is 2.54. The van der Waals surface area contributed by atoms with Crippen molar-refractivity contribution in [1.29, 1.82) is 0 Å². The second-order valence-electron chi connectivity index (χ2n) is 5.66. The monoisotopic (exact) mass is 342 g/mol. The van der Waals surface area contributed by atoms with E-state index < -0.39 is 5.91 Å². The zero-order valence-electron chi connectivity index (χ0n) is 14.5. The van der Waals surface area contributed by atoms with E-state index in [0.717, 1.165) is 6.42 Å². The molecule has 0 saturated heterocycles. The van der Waals surface area contributed by atoms with Gasteiger partial charge in [0.25, 0.3) is 5.91 Å². The van der Waals surface area contributed by atoms with E-state index >= 15 is 0 Å². The molecule has 0 fully saturated rings. The van der Waals surface area contributed by atoms with Gasteiger partial charge in [0.15, 0.2) is 0 Å². The highest BCUT2D eigenvalue weighted by Gasteiger charge is 2.14. The highest BCUT2D eigenvalue weighted by atomic mass is 16.1. The predicted octanol–water partition coefficient (Wildman–Crippen LogP) is 2.49. The summed E-state index contributed by atoms with van der Waals surface area (Å²) in [4.78, 5) is 31.2. The standard InChI is InChI=1S/C17H22N6O2/c1-4-10(2)20-16-14(15(18)25)9-19-17(23-16)22-13-7-5-6-12(8-13)21-11(3)24/h5-10H,4H2,1-3H3,(H2,18,25)(H,21,24)(H2,19,20,22,23). The first-order valence-corrected chi connectivity index (χ1v) is 7.97. The molecule has 25 heavy (non-hydrogen) atoms. The van der Waals surface area contributed by atoms with Crippen molar-refractivity contribution in [2.75, 3.05) is 16.0 Å². The van der Waals surface area contributed by atoms with Gasteiger partial charge in [0, 0.05) is 30.5 Å². The Morgan fingerprint density at radius 3 is 2.64 bits per heavy atom. The Hall–Kier alpha value is -3.16. The summed E-state index contributed by atoms with van der Waals surface area (Å²) in [7, 11) is 0. The number of aromatic nitrogens is 2. The lowest BCUT2D eigenvalue weighted by molar-refractivity contribution is -0.114. The molecule has 0 spiro atoms. The maximum atomic E-state index is 11.6. The minimum Gasteiger partial charge on any atom is -0.367 e. The number of rotatable bonds is 7. The first-order chi connectivity index (χ1) is 11.9. The molecule has 8 nitrogen and oxygen atoms in total. The number of primary amides is 1. The normalized spacial score (nSPS) is 11.5.